The van der Waals surface area contributed by atoms with E-state index in [2.05, 4.69) is 23.3 Å². The zero-order valence-corrected chi connectivity index (χ0v) is 11.3. The highest BCUT2D eigenvalue weighted by Gasteiger charge is 2.19. The molecule has 1 heterocycles. The van der Waals surface area contributed by atoms with Crippen molar-refractivity contribution in [2.45, 2.75) is 25.3 Å². The topological polar surface area (TPSA) is 15.3 Å². The monoisotopic (exact) mass is 258 g/mol. The summed E-state index contributed by atoms with van der Waals surface area (Å²) in [6.07, 6.45) is 3.85. The Morgan fingerprint density at radius 1 is 1.44 bits per heavy atom. The molecule has 0 radical (unpaired) electrons. The third-order valence-corrected chi connectivity index (χ3v) is 4.16. The van der Waals surface area contributed by atoms with E-state index in [1.165, 1.54) is 17.7 Å². The van der Waals surface area contributed by atoms with Crippen LogP contribution in [0.2, 0.25) is 4.34 Å². The Bertz CT molecular complexity index is 323. The van der Waals surface area contributed by atoms with Gasteiger partial charge in [0.05, 0.1) is 4.34 Å². The van der Waals surface area contributed by atoms with Crippen LogP contribution in [0.15, 0.2) is 12.1 Å². The normalized spacial score (nSPS) is 15.9. The first-order chi connectivity index (χ1) is 7.74. The van der Waals surface area contributed by atoms with Crippen molar-refractivity contribution >= 4 is 22.9 Å². The largest absolute Gasteiger partial charge is 0.313 e. The fourth-order valence-corrected chi connectivity index (χ4v) is 2.72. The van der Waals surface area contributed by atoms with Crippen LogP contribution in [0.1, 0.15) is 17.7 Å². The van der Waals surface area contributed by atoms with Crippen molar-refractivity contribution in [3.63, 3.8) is 0 Å². The molecule has 1 fully saturated rings. The van der Waals surface area contributed by atoms with E-state index in [9.17, 15) is 0 Å². The highest BCUT2D eigenvalue weighted by atomic mass is 35.5. The van der Waals surface area contributed by atoms with E-state index in [0.29, 0.717) is 0 Å². The first kappa shape index (κ1) is 12.4. The minimum Gasteiger partial charge on any atom is -0.313 e. The van der Waals surface area contributed by atoms with Gasteiger partial charge in [-0.1, -0.05) is 11.6 Å². The molecule has 1 aliphatic rings. The predicted molar refractivity (Wildman–Crippen MR) is 71.6 cm³/mol. The van der Waals surface area contributed by atoms with Gasteiger partial charge in [0.2, 0.25) is 0 Å². The fourth-order valence-electron chi connectivity index (χ4n) is 1.65. The molecule has 0 unspecified atom stereocenters. The van der Waals surface area contributed by atoms with Crippen molar-refractivity contribution < 1.29 is 0 Å². The molecule has 1 aliphatic carbocycles. The average molecular weight is 259 g/mol. The number of nitrogens with zero attached hydrogens (tertiary/aromatic N) is 1. The Morgan fingerprint density at radius 2 is 2.25 bits per heavy atom. The molecule has 1 aromatic rings. The number of nitrogens with one attached hydrogen (secondary N) is 1. The molecule has 4 heteroatoms. The number of hydrogen-bond donors (Lipinski definition) is 1. The molecule has 0 amide bonds. The minimum atomic E-state index is 0.824. The second-order valence-corrected chi connectivity index (χ2v) is 6.29. The van der Waals surface area contributed by atoms with Gasteiger partial charge in [-0.25, -0.2) is 0 Å². The summed E-state index contributed by atoms with van der Waals surface area (Å²) in [6, 6.07) is 4.93. The second-order valence-electron chi connectivity index (χ2n) is 4.49. The molecule has 1 N–H and O–H groups in total. The molecular formula is C12H19ClN2S. The van der Waals surface area contributed by atoms with Crippen LogP contribution < -0.4 is 5.32 Å². The molecule has 16 heavy (non-hydrogen) atoms. The van der Waals surface area contributed by atoms with Gasteiger partial charge in [0.15, 0.2) is 0 Å². The summed E-state index contributed by atoms with van der Waals surface area (Å²) in [5.41, 5.74) is 0. The molecule has 0 aliphatic heterocycles. The van der Waals surface area contributed by atoms with Crippen molar-refractivity contribution in [3.05, 3.63) is 21.3 Å². The third kappa shape index (κ3) is 4.42. The zero-order chi connectivity index (χ0) is 11.4. The van der Waals surface area contributed by atoms with Crippen molar-refractivity contribution in [2.24, 2.45) is 0 Å². The van der Waals surface area contributed by atoms with Crippen molar-refractivity contribution in [1.29, 1.82) is 0 Å². The van der Waals surface area contributed by atoms with Crippen molar-refractivity contribution in [3.8, 4) is 0 Å². The first-order valence-corrected chi connectivity index (χ1v) is 7.09. The Hall–Kier alpha value is -0.0900. The Balaban J connectivity index is 1.57. The molecule has 2 nitrogen and oxygen atoms in total. The van der Waals surface area contributed by atoms with Gasteiger partial charge in [0, 0.05) is 30.6 Å². The number of likely N-dealkylation sites (N-methyl/N-ethyl adjacent to an activating group) is 1. The van der Waals surface area contributed by atoms with Crippen LogP contribution >= 0.6 is 22.9 Å². The molecular weight excluding hydrogens is 240 g/mol. The molecule has 0 aromatic carbocycles. The highest BCUT2D eigenvalue weighted by molar-refractivity contribution is 7.16. The van der Waals surface area contributed by atoms with Gasteiger partial charge in [-0.05, 0) is 38.4 Å². The highest BCUT2D eigenvalue weighted by Crippen LogP contribution is 2.21. The van der Waals surface area contributed by atoms with Crippen molar-refractivity contribution in [2.75, 3.05) is 26.7 Å². The molecule has 0 bridgehead atoms. The Labute approximate surface area is 107 Å². The van der Waals surface area contributed by atoms with E-state index in [4.69, 9.17) is 11.6 Å². The Kier molecular flexibility index (Phi) is 4.65. The van der Waals surface area contributed by atoms with Gasteiger partial charge in [0.25, 0.3) is 0 Å². The van der Waals surface area contributed by atoms with E-state index in [0.717, 1.165) is 36.4 Å². The lowest BCUT2D eigenvalue weighted by Crippen LogP contribution is -2.31. The number of hydrogen-bond acceptors (Lipinski definition) is 3. The molecule has 90 valence electrons. The van der Waals surface area contributed by atoms with E-state index in [1.807, 2.05) is 6.07 Å². The molecule has 0 atom stereocenters. The summed E-state index contributed by atoms with van der Waals surface area (Å²) in [7, 11) is 2.18. The van der Waals surface area contributed by atoms with Crippen LogP contribution in [-0.4, -0.2) is 37.6 Å². The smallest absolute Gasteiger partial charge is 0.0931 e. The zero-order valence-electron chi connectivity index (χ0n) is 9.71. The predicted octanol–water partition coefficient (Wildman–Crippen LogP) is 2.63. The second kappa shape index (κ2) is 6.01. The van der Waals surface area contributed by atoms with Gasteiger partial charge in [-0.2, -0.15) is 0 Å². The first-order valence-electron chi connectivity index (χ1n) is 5.90. The van der Waals surface area contributed by atoms with E-state index in [1.54, 1.807) is 11.3 Å². The molecule has 0 saturated heterocycles. The number of thiophene rings is 1. The minimum absolute atomic E-state index is 0.824. The lowest BCUT2D eigenvalue weighted by atomic mass is 10.3. The van der Waals surface area contributed by atoms with Gasteiger partial charge < -0.3 is 10.2 Å². The summed E-state index contributed by atoms with van der Waals surface area (Å²) in [6.45, 7) is 3.37. The summed E-state index contributed by atoms with van der Waals surface area (Å²) in [4.78, 5) is 3.76. The van der Waals surface area contributed by atoms with Crippen LogP contribution in [0, 0.1) is 0 Å². The fraction of sp³-hybridized carbons (Fsp3) is 0.667. The lowest BCUT2D eigenvalue weighted by molar-refractivity contribution is 0.336. The maximum atomic E-state index is 5.90. The summed E-state index contributed by atoms with van der Waals surface area (Å²) >= 11 is 7.59. The van der Waals surface area contributed by atoms with Crippen LogP contribution in [0.3, 0.4) is 0 Å². The maximum Gasteiger partial charge on any atom is 0.0931 e. The average Bonchev–Trinajstić information content (AvgIpc) is 2.98. The van der Waals surface area contributed by atoms with E-state index < -0.39 is 0 Å². The molecule has 1 saturated carbocycles. The van der Waals surface area contributed by atoms with Gasteiger partial charge in [0.1, 0.15) is 0 Å². The number of halogens is 1. The SMILES string of the molecule is CN(CCNC1CC1)CCc1ccc(Cl)s1. The molecule has 1 aromatic heterocycles. The van der Waals surface area contributed by atoms with Crippen LogP contribution in [0.25, 0.3) is 0 Å². The lowest BCUT2D eigenvalue weighted by Gasteiger charge is -2.16. The van der Waals surface area contributed by atoms with E-state index >= 15 is 0 Å². The third-order valence-electron chi connectivity index (χ3n) is 2.87. The van der Waals surface area contributed by atoms with Crippen molar-refractivity contribution in [1.82, 2.24) is 10.2 Å². The van der Waals surface area contributed by atoms with Crippen LogP contribution in [-0.2, 0) is 6.42 Å². The van der Waals surface area contributed by atoms with Crippen LogP contribution in [0.4, 0.5) is 0 Å². The van der Waals surface area contributed by atoms with Gasteiger partial charge in [-0.3, -0.25) is 0 Å². The molecule has 0 spiro atoms. The van der Waals surface area contributed by atoms with E-state index in [-0.39, 0.29) is 0 Å². The number of rotatable bonds is 7. The van der Waals surface area contributed by atoms with Gasteiger partial charge >= 0.3 is 0 Å². The molecule has 2 rings (SSSR count). The Morgan fingerprint density at radius 3 is 2.88 bits per heavy atom. The summed E-state index contributed by atoms with van der Waals surface area (Å²) < 4.78 is 0.896. The summed E-state index contributed by atoms with van der Waals surface area (Å²) in [5.74, 6) is 0. The quantitative estimate of drug-likeness (QED) is 0.809. The van der Waals surface area contributed by atoms with Crippen LogP contribution in [0.5, 0.6) is 0 Å². The van der Waals surface area contributed by atoms with Gasteiger partial charge in [-0.15, -0.1) is 11.3 Å². The standard InChI is InChI=1S/C12H19ClN2S/c1-15(9-7-14-10-2-3-10)8-6-11-4-5-12(13)16-11/h4-5,10,14H,2-3,6-9H2,1H3. The maximum absolute atomic E-state index is 5.90. The summed E-state index contributed by atoms with van der Waals surface area (Å²) in [5, 5.41) is 3.53.